The molecule has 1 aromatic carbocycles. The van der Waals surface area contributed by atoms with Gasteiger partial charge < -0.3 is 14.2 Å². The van der Waals surface area contributed by atoms with E-state index in [4.69, 9.17) is 4.74 Å². The maximum atomic E-state index is 12.2. The number of rotatable bonds is 1. The summed E-state index contributed by atoms with van der Waals surface area (Å²) in [6.07, 6.45) is 6.09. The number of aromatic nitrogens is 2. The predicted molar refractivity (Wildman–Crippen MR) is 83.9 cm³/mol. The van der Waals surface area contributed by atoms with E-state index in [0.29, 0.717) is 13.1 Å². The molecule has 1 aliphatic heterocycles. The second-order valence-corrected chi connectivity index (χ2v) is 6.57. The van der Waals surface area contributed by atoms with Crippen molar-refractivity contribution in [3.63, 3.8) is 0 Å². The van der Waals surface area contributed by atoms with Crippen molar-refractivity contribution in [1.29, 1.82) is 0 Å². The van der Waals surface area contributed by atoms with Crippen LogP contribution in [0.1, 0.15) is 31.9 Å². The van der Waals surface area contributed by atoms with Crippen LogP contribution in [0.5, 0.6) is 0 Å². The van der Waals surface area contributed by atoms with Gasteiger partial charge in [0.05, 0.1) is 6.33 Å². The molecule has 0 fully saturated rings. The number of carbonyl (C=O) groups is 1. The molecule has 0 aliphatic carbocycles. The summed E-state index contributed by atoms with van der Waals surface area (Å²) in [5.41, 5.74) is 3.11. The summed E-state index contributed by atoms with van der Waals surface area (Å²) < 4.78 is 7.44. The highest BCUT2D eigenvalue weighted by atomic mass is 16.6. The average Bonchev–Trinajstić information content (AvgIpc) is 2.98. The van der Waals surface area contributed by atoms with Crippen LogP contribution < -0.4 is 0 Å². The van der Waals surface area contributed by atoms with Crippen molar-refractivity contribution in [2.45, 2.75) is 39.3 Å². The molecule has 1 amide bonds. The summed E-state index contributed by atoms with van der Waals surface area (Å²) in [5, 5.41) is 0. The third-order valence-corrected chi connectivity index (χ3v) is 3.66. The molecular weight excluding hydrogens is 278 g/mol. The fourth-order valence-corrected chi connectivity index (χ4v) is 2.59. The Morgan fingerprint density at radius 1 is 1.27 bits per heavy atom. The lowest BCUT2D eigenvalue weighted by Crippen LogP contribution is -2.39. The number of amides is 1. The first-order valence-electron chi connectivity index (χ1n) is 7.50. The van der Waals surface area contributed by atoms with Crippen molar-refractivity contribution in [2.24, 2.45) is 0 Å². The standard InChI is InChI=1S/C17H21N3O2/c1-17(2,3)22-16(21)19-8-6-13-10-15(5-4-14(13)11-19)20-9-7-18-12-20/h4-5,7,9-10,12H,6,8,11H2,1-3H3. The van der Waals surface area contributed by atoms with Gasteiger partial charge in [-0.05, 0) is 50.5 Å². The molecule has 0 saturated carbocycles. The zero-order valence-electron chi connectivity index (χ0n) is 13.2. The van der Waals surface area contributed by atoms with Crippen molar-refractivity contribution in [2.75, 3.05) is 6.54 Å². The van der Waals surface area contributed by atoms with Crippen molar-refractivity contribution >= 4 is 6.09 Å². The summed E-state index contributed by atoms with van der Waals surface area (Å²) in [6.45, 7) is 6.96. The lowest BCUT2D eigenvalue weighted by Gasteiger charge is -2.31. The quantitative estimate of drug-likeness (QED) is 0.812. The zero-order valence-corrected chi connectivity index (χ0v) is 13.2. The van der Waals surface area contributed by atoms with Gasteiger partial charge in [-0.25, -0.2) is 9.78 Å². The summed E-state index contributed by atoms with van der Waals surface area (Å²) in [4.78, 5) is 18.0. The van der Waals surface area contributed by atoms with Crippen LogP contribution in [0, 0.1) is 0 Å². The monoisotopic (exact) mass is 299 g/mol. The third kappa shape index (κ3) is 3.13. The van der Waals surface area contributed by atoms with Crippen molar-refractivity contribution in [3.8, 4) is 5.69 Å². The van der Waals surface area contributed by atoms with Crippen LogP contribution in [0.15, 0.2) is 36.9 Å². The summed E-state index contributed by atoms with van der Waals surface area (Å²) >= 11 is 0. The van der Waals surface area contributed by atoms with Gasteiger partial charge in [-0.1, -0.05) is 6.07 Å². The van der Waals surface area contributed by atoms with Crippen LogP contribution in [0.4, 0.5) is 4.79 Å². The highest BCUT2D eigenvalue weighted by Gasteiger charge is 2.25. The van der Waals surface area contributed by atoms with E-state index in [1.165, 1.54) is 11.1 Å². The molecule has 0 spiro atoms. The Bertz CT molecular complexity index is 672. The Morgan fingerprint density at radius 3 is 2.77 bits per heavy atom. The molecule has 0 atom stereocenters. The molecule has 5 heteroatoms. The largest absolute Gasteiger partial charge is 0.444 e. The van der Waals surface area contributed by atoms with Gasteiger partial charge in [0.15, 0.2) is 0 Å². The minimum atomic E-state index is -0.456. The van der Waals surface area contributed by atoms with E-state index < -0.39 is 5.60 Å². The van der Waals surface area contributed by atoms with E-state index in [0.717, 1.165) is 12.1 Å². The number of ether oxygens (including phenoxy) is 1. The van der Waals surface area contributed by atoms with Gasteiger partial charge in [-0.3, -0.25) is 0 Å². The fraction of sp³-hybridized carbons (Fsp3) is 0.412. The molecule has 1 aromatic heterocycles. The van der Waals surface area contributed by atoms with Crippen LogP contribution in [0.25, 0.3) is 5.69 Å². The average molecular weight is 299 g/mol. The van der Waals surface area contributed by atoms with Crippen LogP contribution in [-0.4, -0.2) is 32.7 Å². The van der Waals surface area contributed by atoms with Gasteiger partial charge >= 0.3 is 6.09 Å². The fourth-order valence-electron chi connectivity index (χ4n) is 2.59. The molecule has 22 heavy (non-hydrogen) atoms. The normalized spacial score (nSPS) is 14.6. The van der Waals surface area contributed by atoms with E-state index in [-0.39, 0.29) is 6.09 Å². The van der Waals surface area contributed by atoms with Crippen LogP contribution in [-0.2, 0) is 17.7 Å². The molecule has 0 saturated heterocycles. The lowest BCUT2D eigenvalue weighted by molar-refractivity contribution is 0.0224. The predicted octanol–water partition coefficient (Wildman–Crippen LogP) is 3.17. The maximum Gasteiger partial charge on any atom is 0.410 e. The maximum absolute atomic E-state index is 12.2. The zero-order chi connectivity index (χ0) is 15.7. The summed E-state index contributed by atoms with van der Waals surface area (Å²) in [7, 11) is 0. The Labute approximate surface area is 130 Å². The Morgan fingerprint density at radius 2 is 2.09 bits per heavy atom. The summed E-state index contributed by atoms with van der Waals surface area (Å²) in [5.74, 6) is 0. The van der Waals surface area contributed by atoms with Gasteiger partial charge in [0.25, 0.3) is 0 Å². The number of benzene rings is 1. The number of hydrogen-bond acceptors (Lipinski definition) is 3. The molecule has 0 bridgehead atoms. The first kappa shape index (κ1) is 14.6. The highest BCUT2D eigenvalue weighted by molar-refractivity contribution is 5.68. The third-order valence-electron chi connectivity index (χ3n) is 3.66. The number of fused-ring (bicyclic) bond motifs is 1. The van der Waals surface area contributed by atoms with Crippen LogP contribution in [0.3, 0.4) is 0 Å². The second kappa shape index (κ2) is 5.48. The van der Waals surface area contributed by atoms with Gasteiger partial charge in [0, 0.05) is 31.2 Å². The number of imidazole rings is 1. The second-order valence-electron chi connectivity index (χ2n) is 6.57. The summed E-state index contributed by atoms with van der Waals surface area (Å²) in [6, 6.07) is 6.31. The minimum Gasteiger partial charge on any atom is -0.444 e. The van der Waals surface area contributed by atoms with Crippen LogP contribution in [0.2, 0.25) is 0 Å². The minimum absolute atomic E-state index is 0.239. The van der Waals surface area contributed by atoms with Crippen molar-refractivity contribution in [3.05, 3.63) is 48.0 Å². The number of carbonyl (C=O) groups excluding carboxylic acids is 1. The van der Waals surface area contributed by atoms with Crippen molar-refractivity contribution in [1.82, 2.24) is 14.5 Å². The molecule has 0 radical (unpaired) electrons. The van der Waals surface area contributed by atoms with Crippen LogP contribution >= 0.6 is 0 Å². The van der Waals surface area contributed by atoms with Gasteiger partial charge in [-0.2, -0.15) is 0 Å². The molecule has 3 rings (SSSR count). The Kier molecular flexibility index (Phi) is 3.64. The van der Waals surface area contributed by atoms with E-state index in [9.17, 15) is 4.79 Å². The number of hydrogen-bond donors (Lipinski definition) is 0. The molecule has 5 nitrogen and oxygen atoms in total. The molecule has 0 unspecified atom stereocenters. The van der Waals surface area contributed by atoms with Gasteiger partial charge in [-0.15, -0.1) is 0 Å². The molecule has 2 aromatic rings. The van der Waals surface area contributed by atoms with Gasteiger partial charge in [0.2, 0.25) is 0 Å². The molecular formula is C17H21N3O2. The highest BCUT2D eigenvalue weighted by Crippen LogP contribution is 2.23. The van der Waals surface area contributed by atoms with E-state index in [1.54, 1.807) is 17.4 Å². The topological polar surface area (TPSA) is 47.4 Å². The molecule has 2 heterocycles. The molecule has 116 valence electrons. The van der Waals surface area contributed by atoms with E-state index in [1.807, 2.05) is 31.5 Å². The first-order valence-corrected chi connectivity index (χ1v) is 7.50. The molecule has 1 aliphatic rings. The lowest BCUT2D eigenvalue weighted by atomic mass is 9.99. The Balaban J connectivity index is 1.76. The van der Waals surface area contributed by atoms with E-state index >= 15 is 0 Å². The first-order chi connectivity index (χ1) is 10.4. The SMILES string of the molecule is CC(C)(C)OC(=O)N1CCc2cc(-n3ccnc3)ccc2C1. The smallest absolute Gasteiger partial charge is 0.410 e. The van der Waals surface area contributed by atoms with Gasteiger partial charge in [0.1, 0.15) is 5.60 Å². The van der Waals surface area contributed by atoms with Crippen molar-refractivity contribution < 1.29 is 9.53 Å². The number of nitrogens with zero attached hydrogens (tertiary/aromatic N) is 3. The molecule has 0 N–H and O–H groups in total. The van der Waals surface area contributed by atoms with E-state index in [2.05, 4.69) is 23.2 Å². The Hall–Kier alpha value is -2.30.